The maximum absolute atomic E-state index is 12.2. The van der Waals surface area contributed by atoms with Crippen LogP contribution in [0, 0.1) is 12.8 Å². The zero-order valence-corrected chi connectivity index (χ0v) is 15.3. The van der Waals surface area contributed by atoms with E-state index >= 15 is 0 Å². The van der Waals surface area contributed by atoms with Gasteiger partial charge in [-0.1, -0.05) is 29.8 Å². The Morgan fingerprint density at radius 1 is 1.21 bits per heavy atom. The fourth-order valence-corrected chi connectivity index (χ4v) is 4.38. The second-order valence-corrected chi connectivity index (χ2v) is 8.41. The average molecular weight is 413 g/mol. The zero-order chi connectivity index (χ0) is 14.6. The quantitative estimate of drug-likeness (QED) is 0.710. The van der Waals surface area contributed by atoms with E-state index in [9.17, 15) is 8.42 Å². The van der Waals surface area contributed by atoms with Gasteiger partial charge in [-0.2, -0.15) is 0 Å². The van der Waals surface area contributed by atoms with E-state index in [4.69, 9.17) is 0 Å². The first kappa shape index (κ1) is 17.1. The van der Waals surface area contributed by atoms with Crippen molar-refractivity contribution >= 4 is 41.9 Å². The summed E-state index contributed by atoms with van der Waals surface area (Å²) >= 11 is 6.67. The monoisotopic (exact) mass is 411 g/mol. The number of benzene rings is 1. The Labute approximate surface area is 132 Å². The highest BCUT2D eigenvalue weighted by molar-refractivity contribution is 9.11. The molecular weight excluding hydrogens is 394 g/mol. The first-order valence-corrected chi connectivity index (χ1v) is 9.26. The first-order chi connectivity index (χ1) is 8.74. The molecule has 3 nitrogen and oxygen atoms in total. The number of hydrogen-bond donors (Lipinski definition) is 1. The fourth-order valence-electron chi connectivity index (χ4n) is 1.63. The molecule has 6 heteroatoms. The number of aryl methyl sites for hydroxylation is 1. The van der Waals surface area contributed by atoms with Gasteiger partial charge in [0.1, 0.15) is 0 Å². The third kappa shape index (κ3) is 5.17. The highest BCUT2D eigenvalue weighted by Crippen LogP contribution is 2.28. The summed E-state index contributed by atoms with van der Waals surface area (Å²) in [7, 11) is -3.46. The summed E-state index contributed by atoms with van der Waals surface area (Å²) in [5.41, 5.74) is 0.991. The van der Waals surface area contributed by atoms with Crippen LogP contribution in [-0.4, -0.2) is 15.0 Å². The van der Waals surface area contributed by atoms with Gasteiger partial charge in [0.05, 0.1) is 4.90 Å². The molecule has 0 amide bonds. The van der Waals surface area contributed by atoms with Gasteiger partial charge in [0.2, 0.25) is 10.0 Å². The maximum atomic E-state index is 12.2. The van der Waals surface area contributed by atoms with Crippen LogP contribution in [0.2, 0.25) is 0 Å². The third-order valence-electron chi connectivity index (χ3n) is 2.75. The molecule has 0 aromatic heterocycles. The minimum absolute atomic E-state index is 0.273. The highest BCUT2D eigenvalue weighted by atomic mass is 79.9. The third-order valence-corrected chi connectivity index (χ3v) is 6.03. The summed E-state index contributed by atoms with van der Waals surface area (Å²) in [6.45, 7) is 6.64. The molecule has 0 bridgehead atoms. The largest absolute Gasteiger partial charge is 0.241 e. The molecule has 0 saturated carbocycles. The van der Waals surface area contributed by atoms with E-state index in [-0.39, 0.29) is 4.90 Å². The molecule has 0 aliphatic carbocycles. The molecule has 1 aromatic rings. The molecule has 1 rings (SSSR count). The maximum Gasteiger partial charge on any atom is 0.241 e. The molecule has 0 fully saturated rings. The van der Waals surface area contributed by atoms with Crippen LogP contribution in [-0.2, 0) is 10.0 Å². The van der Waals surface area contributed by atoms with Crippen LogP contribution in [0.25, 0.3) is 0 Å². The first-order valence-electron chi connectivity index (χ1n) is 6.19. The Balaban J connectivity index is 2.80. The second kappa shape index (κ2) is 7.20. The normalized spacial score (nSPS) is 12.1. The van der Waals surface area contributed by atoms with Crippen LogP contribution in [0.1, 0.15) is 32.3 Å². The van der Waals surface area contributed by atoms with E-state index in [0.29, 0.717) is 16.9 Å². The lowest BCUT2D eigenvalue weighted by Crippen LogP contribution is -2.25. The van der Waals surface area contributed by atoms with Gasteiger partial charge in [-0.25, -0.2) is 13.1 Å². The lowest BCUT2D eigenvalue weighted by atomic mass is 10.1. The number of halogens is 2. The van der Waals surface area contributed by atoms with Crippen molar-refractivity contribution in [1.29, 1.82) is 0 Å². The molecule has 0 unspecified atom stereocenters. The van der Waals surface area contributed by atoms with E-state index < -0.39 is 10.0 Å². The summed E-state index contributed by atoms with van der Waals surface area (Å²) in [4.78, 5) is 0.273. The average Bonchev–Trinajstić information content (AvgIpc) is 2.29. The van der Waals surface area contributed by atoms with Crippen LogP contribution in [0.5, 0.6) is 0 Å². The number of rotatable bonds is 6. The van der Waals surface area contributed by atoms with Gasteiger partial charge in [-0.05, 0) is 59.3 Å². The number of nitrogens with one attached hydrogen (secondary N) is 1. The topological polar surface area (TPSA) is 46.2 Å². The van der Waals surface area contributed by atoms with Gasteiger partial charge in [-0.15, -0.1) is 0 Å². The van der Waals surface area contributed by atoms with Gasteiger partial charge in [0.15, 0.2) is 0 Å². The van der Waals surface area contributed by atoms with Gasteiger partial charge < -0.3 is 0 Å². The van der Waals surface area contributed by atoms with E-state index in [1.807, 2.05) is 6.92 Å². The van der Waals surface area contributed by atoms with Gasteiger partial charge in [0.25, 0.3) is 0 Å². The zero-order valence-electron chi connectivity index (χ0n) is 11.3. The lowest BCUT2D eigenvalue weighted by molar-refractivity contribution is 0.539. The summed E-state index contributed by atoms with van der Waals surface area (Å²) in [6.07, 6.45) is 1.86. The number of sulfonamides is 1. The summed E-state index contributed by atoms with van der Waals surface area (Å²) in [5, 5.41) is 0. The van der Waals surface area contributed by atoms with Crippen LogP contribution >= 0.6 is 31.9 Å². The van der Waals surface area contributed by atoms with Crippen molar-refractivity contribution in [3.05, 3.63) is 26.6 Å². The molecule has 0 spiro atoms. The molecule has 0 heterocycles. The molecule has 1 aromatic carbocycles. The van der Waals surface area contributed by atoms with Gasteiger partial charge in [-0.3, -0.25) is 0 Å². The van der Waals surface area contributed by atoms with Crippen molar-refractivity contribution in [2.45, 2.75) is 38.5 Å². The molecule has 19 heavy (non-hydrogen) atoms. The van der Waals surface area contributed by atoms with Crippen LogP contribution in [0.15, 0.2) is 26.0 Å². The molecule has 1 N–H and O–H groups in total. The van der Waals surface area contributed by atoms with Crippen LogP contribution < -0.4 is 4.72 Å². The smallest absolute Gasteiger partial charge is 0.211 e. The fraction of sp³-hybridized carbons (Fsp3) is 0.538. The predicted octanol–water partition coefficient (Wildman–Crippen LogP) is 4.23. The Morgan fingerprint density at radius 2 is 1.84 bits per heavy atom. The van der Waals surface area contributed by atoms with E-state index in [1.54, 1.807) is 12.1 Å². The van der Waals surface area contributed by atoms with Gasteiger partial charge >= 0.3 is 0 Å². The van der Waals surface area contributed by atoms with Crippen LogP contribution in [0.3, 0.4) is 0 Å². The van der Waals surface area contributed by atoms with Crippen LogP contribution in [0.4, 0.5) is 0 Å². The van der Waals surface area contributed by atoms with E-state index in [1.165, 1.54) is 0 Å². The molecule has 0 saturated heterocycles. The van der Waals surface area contributed by atoms with Gasteiger partial charge in [0, 0.05) is 15.5 Å². The molecule has 0 aliphatic rings. The molecular formula is C13H19Br2NO2S. The van der Waals surface area contributed by atoms with Crippen molar-refractivity contribution in [1.82, 2.24) is 4.72 Å². The van der Waals surface area contributed by atoms with Crippen molar-refractivity contribution in [3.63, 3.8) is 0 Å². The van der Waals surface area contributed by atoms with Crippen molar-refractivity contribution < 1.29 is 8.42 Å². The van der Waals surface area contributed by atoms with Crippen molar-refractivity contribution in [2.24, 2.45) is 5.92 Å². The predicted molar refractivity (Wildman–Crippen MR) is 85.8 cm³/mol. The summed E-state index contributed by atoms with van der Waals surface area (Å²) < 4.78 is 28.4. The molecule has 0 radical (unpaired) electrons. The summed E-state index contributed by atoms with van der Waals surface area (Å²) in [5.74, 6) is 0.588. The Kier molecular flexibility index (Phi) is 6.50. The van der Waals surface area contributed by atoms with E-state index in [0.717, 1.165) is 22.9 Å². The standard InChI is InChI=1S/C13H19Br2NO2S/c1-9(2)5-4-6-16-19(17,18)13-8-11(14)10(3)7-12(13)15/h7-9,16H,4-6H2,1-3H3. The second-order valence-electron chi connectivity index (χ2n) is 4.97. The minimum Gasteiger partial charge on any atom is -0.211 e. The molecule has 0 aliphatic heterocycles. The minimum atomic E-state index is -3.46. The highest BCUT2D eigenvalue weighted by Gasteiger charge is 2.18. The Hall–Kier alpha value is 0.0900. The van der Waals surface area contributed by atoms with Crippen molar-refractivity contribution in [3.8, 4) is 0 Å². The SMILES string of the molecule is Cc1cc(Br)c(S(=O)(=O)NCCCC(C)C)cc1Br. The lowest BCUT2D eigenvalue weighted by Gasteiger charge is -2.11. The molecule has 108 valence electrons. The summed E-state index contributed by atoms with van der Waals surface area (Å²) in [6, 6.07) is 3.43. The molecule has 0 atom stereocenters. The number of hydrogen-bond acceptors (Lipinski definition) is 2. The Morgan fingerprint density at radius 3 is 2.42 bits per heavy atom. The van der Waals surface area contributed by atoms with Crippen molar-refractivity contribution in [2.75, 3.05) is 6.54 Å². The van der Waals surface area contributed by atoms with E-state index in [2.05, 4.69) is 50.4 Å². The Bertz CT molecular complexity index is 542.